The lowest BCUT2D eigenvalue weighted by Crippen LogP contribution is -2.43. The molecule has 0 unspecified atom stereocenters. The number of carbonyl (C=O) groups is 2. The van der Waals surface area contributed by atoms with Crippen molar-refractivity contribution in [2.75, 3.05) is 91.3 Å². The summed E-state index contributed by atoms with van der Waals surface area (Å²) in [5.74, 6) is 2.04. The molecule has 1 amide bonds. The number of nitrogens with one attached hydrogen (secondary N) is 5. The van der Waals surface area contributed by atoms with Crippen molar-refractivity contribution in [2.24, 2.45) is 5.73 Å². The van der Waals surface area contributed by atoms with Crippen LogP contribution in [0.3, 0.4) is 0 Å². The van der Waals surface area contributed by atoms with E-state index < -0.39 is 5.97 Å². The Hall–Kier alpha value is -5.94. The van der Waals surface area contributed by atoms with Crippen molar-refractivity contribution in [2.45, 2.75) is 75.7 Å². The van der Waals surface area contributed by atoms with Crippen molar-refractivity contribution in [3.8, 4) is 23.0 Å². The zero-order valence-electron chi connectivity index (χ0n) is 43.0. The van der Waals surface area contributed by atoms with Gasteiger partial charge >= 0.3 is 5.97 Å². The number of halogens is 2. The first-order valence-corrected chi connectivity index (χ1v) is 27.1. The predicted molar refractivity (Wildman–Crippen MR) is 300 cm³/mol. The van der Waals surface area contributed by atoms with Gasteiger partial charge in [-0.25, -0.2) is 24.7 Å². The first kappa shape index (κ1) is 55.3. The Balaban J connectivity index is 0.000000176. The van der Waals surface area contributed by atoms with Gasteiger partial charge in [0.25, 0.3) is 5.91 Å². The van der Waals surface area contributed by atoms with Gasteiger partial charge in [0.15, 0.2) is 0 Å². The number of aromatic carboxylic acids is 1. The summed E-state index contributed by atoms with van der Waals surface area (Å²) in [4.78, 5) is 47.0. The van der Waals surface area contributed by atoms with E-state index in [1.807, 2.05) is 30.3 Å². The molecule has 8 N–H and O–H groups in total. The van der Waals surface area contributed by atoms with Gasteiger partial charge in [-0.2, -0.15) is 0 Å². The van der Waals surface area contributed by atoms with Gasteiger partial charge in [-0.3, -0.25) is 4.79 Å². The molecule has 19 nitrogen and oxygen atoms in total. The number of benzene rings is 4. The maximum absolute atomic E-state index is 12.9. The molecule has 6 heterocycles. The molecule has 2 aromatic heterocycles. The number of aromatic nitrogens is 4. The number of likely N-dealkylation sites (tertiary alicyclic amines) is 2. The van der Waals surface area contributed by atoms with E-state index in [1.54, 1.807) is 37.7 Å². The molecule has 0 atom stereocenters. The van der Waals surface area contributed by atoms with Gasteiger partial charge in [0, 0.05) is 49.8 Å². The number of ether oxygens (including phenoxy) is 4. The normalized spacial score (nSPS) is 17.2. The average Bonchev–Trinajstić information content (AvgIpc) is 3.43. The quantitative estimate of drug-likeness (QED) is 0.0578. The molecule has 400 valence electrons. The number of nitrogens with zero attached hydrogens (tertiary/aromatic N) is 6. The minimum Gasteiger partial charge on any atom is -0.495 e. The second-order valence-corrected chi connectivity index (χ2v) is 20.9. The number of hydrogen-bond donors (Lipinski definition) is 7. The van der Waals surface area contributed by atoms with Crippen molar-refractivity contribution in [1.82, 2.24) is 45.7 Å². The van der Waals surface area contributed by atoms with Crippen molar-refractivity contribution < 1.29 is 33.6 Å². The van der Waals surface area contributed by atoms with Crippen molar-refractivity contribution in [3.63, 3.8) is 0 Å². The largest absolute Gasteiger partial charge is 0.495 e. The van der Waals surface area contributed by atoms with Crippen LogP contribution in [0.25, 0.3) is 21.8 Å². The molecule has 4 aromatic carbocycles. The Morgan fingerprint density at radius 1 is 0.627 bits per heavy atom. The highest BCUT2D eigenvalue weighted by Gasteiger charge is 2.23. The highest BCUT2D eigenvalue weighted by atomic mass is 79.9. The van der Waals surface area contributed by atoms with E-state index in [2.05, 4.69) is 97.3 Å². The zero-order valence-corrected chi connectivity index (χ0v) is 46.1. The number of hydrogen-bond acceptors (Lipinski definition) is 17. The molecule has 0 saturated carbocycles. The van der Waals surface area contributed by atoms with E-state index in [9.17, 15) is 14.7 Å². The topological polar surface area (TPSA) is 235 Å². The highest BCUT2D eigenvalue weighted by molar-refractivity contribution is 9.11. The van der Waals surface area contributed by atoms with Gasteiger partial charge in [0.05, 0.1) is 31.2 Å². The summed E-state index contributed by atoms with van der Waals surface area (Å²) in [7, 11) is 7.32. The highest BCUT2D eigenvalue weighted by Crippen LogP contribution is 2.36. The zero-order chi connectivity index (χ0) is 52.8. The summed E-state index contributed by atoms with van der Waals surface area (Å²) in [6, 6.07) is 18.4. The molecule has 4 aliphatic rings. The van der Waals surface area contributed by atoms with E-state index in [4.69, 9.17) is 29.7 Å². The maximum Gasteiger partial charge on any atom is 0.335 e. The fourth-order valence-electron chi connectivity index (χ4n) is 9.17. The predicted octanol–water partition coefficient (Wildman–Crippen LogP) is 8.11. The average molecular weight is 1160 g/mol. The van der Waals surface area contributed by atoms with Crippen LogP contribution < -0.4 is 51.3 Å². The molecule has 4 saturated heterocycles. The van der Waals surface area contributed by atoms with Gasteiger partial charge in [0.2, 0.25) is 11.9 Å². The Morgan fingerprint density at radius 2 is 1.07 bits per heavy atom. The minimum atomic E-state index is -1.02. The SMILES string of the molecule is CN1CCC(N)CC1.COc1cc(C(=O)NC2CCN(C)CC2)ccc1Nc1ncc2c(Br)ccc(OC3CCNCC3)c2n1.COc1cc(C(=O)O)ccc1Nc1ncc2c(Br)ccc(OC3CCNCC3)c2n1. The van der Waals surface area contributed by atoms with Crippen LogP contribution in [0.4, 0.5) is 23.3 Å². The number of nitrogens with two attached hydrogens (primary N) is 1. The Bertz CT molecular complexity index is 2880. The lowest BCUT2D eigenvalue weighted by molar-refractivity contribution is 0.0696. The third kappa shape index (κ3) is 15.1. The molecular weight excluding hydrogens is 1090 g/mol. The molecule has 10 rings (SSSR count). The summed E-state index contributed by atoms with van der Waals surface area (Å²) in [6.07, 6.45) is 11.9. The van der Waals surface area contributed by atoms with Gasteiger partial charge in [-0.15, -0.1) is 0 Å². The number of carboxylic acid groups (broad SMARTS) is 1. The van der Waals surface area contributed by atoms with E-state index in [0.29, 0.717) is 57.6 Å². The third-order valence-corrected chi connectivity index (χ3v) is 15.1. The molecule has 75 heavy (non-hydrogen) atoms. The van der Waals surface area contributed by atoms with E-state index >= 15 is 0 Å². The van der Waals surface area contributed by atoms with Crippen LogP contribution in [-0.4, -0.2) is 152 Å². The van der Waals surface area contributed by atoms with Crippen LogP contribution in [-0.2, 0) is 0 Å². The van der Waals surface area contributed by atoms with Gasteiger partial charge in [-0.05, 0) is 178 Å². The fraction of sp³-hybridized carbons (Fsp3) is 0.444. The van der Waals surface area contributed by atoms with Gasteiger partial charge < -0.3 is 66.2 Å². The molecule has 4 fully saturated rings. The lowest BCUT2D eigenvalue weighted by atomic mass is 10.0. The first-order valence-electron chi connectivity index (χ1n) is 25.6. The van der Waals surface area contributed by atoms with Crippen molar-refractivity contribution in [3.05, 3.63) is 93.1 Å². The number of fused-ring (bicyclic) bond motifs is 2. The number of carboxylic acids is 1. The Labute approximate surface area is 454 Å². The summed E-state index contributed by atoms with van der Waals surface area (Å²) in [5, 5.41) is 27.1. The molecule has 6 aromatic rings. The maximum atomic E-state index is 12.9. The van der Waals surface area contributed by atoms with Crippen LogP contribution in [0.5, 0.6) is 23.0 Å². The summed E-state index contributed by atoms with van der Waals surface area (Å²) < 4.78 is 25.3. The van der Waals surface area contributed by atoms with Crippen LogP contribution >= 0.6 is 31.9 Å². The minimum absolute atomic E-state index is 0.0917. The number of methoxy groups -OCH3 is 2. The third-order valence-electron chi connectivity index (χ3n) is 13.7. The number of piperidine rings is 4. The molecule has 4 aliphatic heterocycles. The fourth-order valence-corrected chi connectivity index (χ4v) is 10.0. The molecular formula is C54H68Br2N12O7. The van der Waals surface area contributed by atoms with Crippen molar-refractivity contribution >= 4 is 88.8 Å². The van der Waals surface area contributed by atoms with Crippen LogP contribution in [0.2, 0.25) is 0 Å². The molecule has 0 spiro atoms. The number of rotatable bonds is 13. The number of amides is 1. The molecule has 21 heteroatoms. The summed E-state index contributed by atoms with van der Waals surface area (Å²) in [6.45, 7) is 8.12. The van der Waals surface area contributed by atoms with Gasteiger partial charge in [0.1, 0.15) is 46.2 Å². The smallest absolute Gasteiger partial charge is 0.335 e. The van der Waals surface area contributed by atoms with Crippen LogP contribution in [0.1, 0.15) is 72.1 Å². The van der Waals surface area contributed by atoms with Crippen molar-refractivity contribution in [1.29, 1.82) is 0 Å². The van der Waals surface area contributed by atoms with Crippen LogP contribution in [0, 0.1) is 0 Å². The number of carbonyl (C=O) groups excluding carboxylic acids is 1. The standard InChI is InChI=1S/C27H33BrN6O3.C21H21BrN4O4.C6H14N2/c1-34-13-9-18(10-14-34)31-26(35)17-3-5-22(24(15-17)36-2)32-27-30-16-20-21(28)4-6-23(25(20)33-27)37-19-7-11-29-12-8-19;1-29-18-10-12(20(27)28)2-4-16(18)25-21-24-11-14-15(22)3-5-17(19(14)26-21)30-13-6-8-23-9-7-13;1-8-4-2-6(7)3-5-8/h3-6,15-16,18-19,29H,7-14H2,1-2H3,(H,31,35)(H,30,32,33);2-5,10-11,13,23H,6-9H2,1H3,(H,27,28)(H,24,25,26);6H,2-5,7H2,1H3. The van der Waals surface area contributed by atoms with Gasteiger partial charge in [-0.1, -0.05) is 31.9 Å². The second kappa shape index (κ2) is 26.7. The first-order chi connectivity index (χ1) is 36.3. The number of anilines is 4. The summed E-state index contributed by atoms with van der Waals surface area (Å²) in [5.41, 5.74) is 9.04. The van der Waals surface area contributed by atoms with E-state index in [1.165, 1.54) is 45.2 Å². The lowest BCUT2D eigenvalue weighted by Gasteiger charge is -2.29. The molecule has 0 aliphatic carbocycles. The van der Waals surface area contributed by atoms with Crippen LogP contribution in [0.15, 0.2) is 82.0 Å². The Kier molecular flexibility index (Phi) is 19.7. The van der Waals surface area contributed by atoms with E-state index in [-0.39, 0.29) is 29.7 Å². The molecule has 0 bridgehead atoms. The monoisotopic (exact) mass is 1150 g/mol. The Morgan fingerprint density at radius 3 is 1.51 bits per heavy atom. The second-order valence-electron chi connectivity index (χ2n) is 19.2. The van der Waals surface area contributed by atoms with E-state index in [0.717, 1.165) is 109 Å². The molecule has 0 radical (unpaired) electrons. The summed E-state index contributed by atoms with van der Waals surface area (Å²) >= 11 is 7.15.